The van der Waals surface area contributed by atoms with Crippen LogP contribution in [0.2, 0.25) is 0 Å². The molecule has 0 atom stereocenters. The van der Waals surface area contributed by atoms with Crippen LogP contribution in [0.5, 0.6) is 0 Å². The van der Waals surface area contributed by atoms with E-state index in [2.05, 4.69) is 204 Å². The molecule has 0 amide bonds. The van der Waals surface area contributed by atoms with E-state index in [1.54, 1.807) is 0 Å². The summed E-state index contributed by atoms with van der Waals surface area (Å²) in [6.07, 6.45) is 2.35. The fourth-order valence-corrected chi connectivity index (χ4v) is 31.4. The third kappa shape index (κ3) is 4.59. The summed E-state index contributed by atoms with van der Waals surface area (Å²) in [4.78, 5) is 0. The summed E-state index contributed by atoms with van der Waals surface area (Å²) in [6.45, 7) is 0. The van der Waals surface area contributed by atoms with Crippen LogP contribution in [0.1, 0.15) is 12.8 Å². The molecule has 1 fully saturated rings. The zero-order valence-corrected chi connectivity index (χ0v) is 28.4. The minimum Gasteiger partial charge on any atom is -0.0941 e. The molecule has 1 heterocycles. The summed E-state index contributed by atoms with van der Waals surface area (Å²) in [7, 11) is -1.36. The van der Waals surface area contributed by atoms with Gasteiger partial charge in [-0.05, 0) is 44.0 Å². The fraction of sp³-hybridized carbons (Fsp3) is 0.100. The number of benzene rings is 6. The molecule has 0 saturated carbocycles. The Bertz CT molecular complexity index is 1440. The maximum Gasteiger partial charge on any atom is 0.163 e. The minimum atomic E-state index is -2.85. The fourth-order valence-electron chi connectivity index (χ4n) is 7.87. The van der Waals surface area contributed by atoms with Gasteiger partial charge < -0.3 is 0 Å². The highest BCUT2D eigenvalue weighted by Gasteiger charge is 2.70. The van der Waals surface area contributed by atoms with Crippen molar-refractivity contribution in [1.29, 1.82) is 0 Å². The van der Waals surface area contributed by atoms with Crippen LogP contribution >= 0.6 is 21.6 Å². The second kappa shape index (κ2) is 12.8. The maximum atomic E-state index is 2.45. The molecule has 0 N–H and O–H groups in total. The lowest BCUT2D eigenvalue weighted by Gasteiger charge is -2.60. The lowest BCUT2D eigenvalue weighted by Crippen LogP contribution is -2.93. The summed E-state index contributed by atoms with van der Waals surface area (Å²) >= 11 is 0. The van der Waals surface area contributed by atoms with Crippen molar-refractivity contribution in [2.24, 2.45) is 0 Å². The Morgan fingerprint density at radius 3 is 0.818 bits per heavy atom. The van der Waals surface area contributed by atoms with Crippen molar-refractivity contribution in [3.8, 4) is 0 Å². The Kier molecular flexibility index (Phi) is 8.50. The van der Waals surface area contributed by atoms with Crippen molar-refractivity contribution < 1.29 is 0 Å². The first kappa shape index (κ1) is 29.2. The highest BCUT2D eigenvalue weighted by Crippen LogP contribution is 2.54. The molecule has 0 radical (unpaired) electrons. The largest absolute Gasteiger partial charge is 0.163 e. The van der Waals surface area contributed by atoms with Crippen molar-refractivity contribution in [1.82, 2.24) is 0 Å². The van der Waals surface area contributed by atoms with Crippen LogP contribution in [0.3, 0.4) is 0 Å². The molecule has 6 aromatic rings. The van der Waals surface area contributed by atoms with Crippen LogP contribution in [0.15, 0.2) is 182 Å². The van der Waals surface area contributed by atoms with Crippen LogP contribution in [0.4, 0.5) is 0 Å². The average molecular weight is 637 g/mol. The highest BCUT2D eigenvalue weighted by atomic mass is 33.1. The number of hydrogen-bond donors (Lipinski definition) is 0. The van der Waals surface area contributed by atoms with Crippen molar-refractivity contribution in [3.63, 3.8) is 0 Å². The third-order valence-corrected chi connectivity index (χ3v) is 27.9. The zero-order chi connectivity index (χ0) is 29.7. The van der Waals surface area contributed by atoms with Gasteiger partial charge in [0, 0.05) is 9.75 Å². The van der Waals surface area contributed by atoms with E-state index in [0.717, 1.165) is 6.42 Å². The third-order valence-electron chi connectivity index (χ3n) is 9.41. The van der Waals surface area contributed by atoms with Crippen molar-refractivity contribution in [2.45, 2.75) is 16.8 Å². The molecule has 6 aromatic carbocycles. The van der Waals surface area contributed by atoms with Gasteiger partial charge in [0.15, 0.2) is 16.1 Å². The van der Waals surface area contributed by atoms with Crippen LogP contribution < -0.4 is 31.1 Å². The van der Waals surface area contributed by atoms with E-state index in [0.29, 0.717) is 0 Å². The van der Waals surface area contributed by atoms with Gasteiger partial charge in [0.05, 0.1) is 0 Å². The quantitative estimate of drug-likeness (QED) is 0.109. The second-order valence-corrected chi connectivity index (χ2v) is 23.6. The van der Waals surface area contributed by atoms with Crippen LogP contribution in [-0.2, 0) is 0 Å². The summed E-state index contributed by atoms with van der Waals surface area (Å²) in [5.41, 5.74) is 0. The van der Waals surface area contributed by atoms with E-state index < -0.39 is 16.1 Å². The van der Waals surface area contributed by atoms with Gasteiger partial charge in [-0.2, -0.15) is 0 Å². The zero-order valence-electron chi connectivity index (χ0n) is 24.8. The monoisotopic (exact) mass is 636 g/mol. The molecule has 0 spiro atoms. The molecule has 1 aliphatic rings. The van der Waals surface area contributed by atoms with Crippen molar-refractivity contribution in [2.75, 3.05) is 5.75 Å². The van der Waals surface area contributed by atoms with E-state index in [-0.39, 0.29) is 3.99 Å². The Balaban J connectivity index is 1.76. The summed E-state index contributed by atoms with van der Waals surface area (Å²) in [6, 6.07) is 69.8. The van der Waals surface area contributed by atoms with Gasteiger partial charge >= 0.3 is 0 Å². The van der Waals surface area contributed by atoms with Crippen LogP contribution in [0.25, 0.3) is 0 Å². The molecule has 0 bridgehead atoms. The lowest BCUT2D eigenvalue weighted by molar-refractivity contribution is 0.808. The minimum absolute atomic E-state index is 0.114. The number of rotatable bonds is 8. The molecule has 0 aliphatic carbocycles. The summed E-state index contributed by atoms with van der Waals surface area (Å²) < 4.78 is -0.114. The van der Waals surface area contributed by atoms with Gasteiger partial charge in [0.1, 0.15) is 0 Å². The Morgan fingerprint density at radius 1 is 0.364 bits per heavy atom. The molecule has 7 rings (SSSR count). The van der Waals surface area contributed by atoms with E-state index in [9.17, 15) is 0 Å². The SMILES string of the molecule is c1ccc([Si](c2ccccc2)(c2ccccc2)C2([Si](c3ccccc3)(c3ccccc3)c3ccccc3)CCCSS2)cc1. The first-order chi connectivity index (χ1) is 21.8. The van der Waals surface area contributed by atoms with Crippen molar-refractivity contribution >= 4 is 68.9 Å². The van der Waals surface area contributed by atoms with E-state index in [1.165, 1.54) is 43.3 Å². The van der Waals surface area contributed by atoms with E-state index in [1.807, 2.05) is 0 Å². The predicted octanol–water partition coefficient (Wildman–Crippen LogP) is 6.32. The number of hydrogen-bond acceptors (Lipinski definition) is 2. The maximum absolute atomic E-state index is 2.85. The standard InChI is InChI=1S/C40H36S2Si2/c1-7-20-34(21-8-1)43(35-22-9-2-10-23-35,36-24-11-3-12-25-36)40(32-19-33-41-42-40)44(37-26-13-4-14-27-37,38-28-15-5-16-29-38)39-30-17-6-18-31-39/h1-18,20-31H,19,32-33H2. The van der Waals surface area contributed by atoms with Gasteiger partial charge in [0.25, 0.3) is 0 Å². The van der Waals surface area contributed by atoms with E-state index in [4.69, 9.17) is 0 Å². The molecular formula is C40H36S2Si2. The normalized spacial score (nSPS) is 15.0. The van der Waals surface area contributed by atoms with Gasteiger partial charge in [-0.25, -0.2) is 0 Å². The van der Waals surface area contributed by atoms with Gasteiger partial charge in [-0.1, -0.05) is 204 Å². The first-order valence-electron chi connectivity index (χ1n) is 15.5. The molecule has 4 heteroatoms. The summed E-state index contributed by atoms with van der Waals surface area (Å²) in [5.74, 6) is 1.18. The van der Waals surface area contributed by atoms with E-state index >= 15 is 0 Å². The molecular weight excluding hydrogens is 601 g/mol. The average Bonchev–Trinajstić information content (AvgIpc) is 3.12. The molecule has 44 heavy (non-hydrogen) atoms. The van der Waals surface area contributed by atoms with Crippen molar-refractivity contribution in [3.05, 3.63) is 182 Å². The summed E-state index contributed by atoms with van der Waals surface area (Å²) in [5, 5.41) is 8.96. The van der Waals surface area contributed by atoms with Gasteiger partial charge in [-0.15, -0.1) is 0 Å². The Labute approximate surface area is 272 Å². The Morgan fingerprint density at radius 2 is 0.614 bits per heavy atom. The van der Waals surface area contributed by atoms with Gasteiger partial charge in [-0.3, -0.25) is 0 Å². The van der Waals surface area contributed by atoms with Crippen LogP contribution in [0, 0.1) is 0 Å². The predicted molar refractivity (Wildman–Crippen MR) is 200 cm³/mol. The first-order valence-corrected chi connectivity index (χ1v) is 21.8. The molecule has 216 valence electrons. The van der Waals surface area contributed by atoms with Crippen LogP contribution in [-0.4, -0.2) is 25.9 Å². The molecule has 0 aromatic heterocycles. The molecule has 1 aliphatic heterocycles. The molecule has 0 nitrogen and oxygen atoms in total. The highest BCUT2D eigenvalue weighted by molar-refractivity contribution is 8.78. The smallest absolute Gasteiger partial charge is 0.0941 e. The second-order valence-electron chi connectivity index (χ2n) is 11.5. The van der Waals surface area contributed by atoms with Gasteiger partial charge in [0.2, 0.25) is 0 Å². The lowest BCUT2D eigenvalue weighted by atomic mass is 10.3. The Hall–Kier alpha value is -3.55. The topological polar surface area (TPSA) is 0 Å². The molecule has 1 saturated heterocycles. The molecule has 0 unspecified atom stereocenters.